The van der Waals surface area contributed by atoms with E-state index in [4.69, 9.17) is 5.26 Å². The van der Waals surface area contributed by atoms with Crippen LogP contribution in [0.3, 0.4) is 0 Å². The minimum atomic E-state index is 0.611. The molecule has 26 heavy (non-hydrogen) atoms. The molecule has 4 aromatic rings. The second kappa shape index (κ2) is 6.58. The number of nitrogens with one attached hydrogen (secondary N) is 1. The van der Waals surface area contributed by atoms with Crippen molar-refractivity contribution in [2.75, 3.05) is 5.32 Å². The van der Waals surface area contributed by atoms with Gasteiger partial charge in [-0.05, 0) is 48.7 Å². The van der Waals surface area contributed by atoms with E-state index in [2.05, 4.69) is 58.8 Å². The average molecular weight is 356 g/mol. The first-order chi connectivity index (χ1) is 12.7. The number of hydrogen-bond acceptors (Lipinski definition) is 5. The molecular weight excluding hydrogens is 340 g/mol. The lowest BCUT2D eigenvalue weighted by Crippen LogP contribution is -1.96. The Hall–Kier alpha value is -3.23. The van der Waals surface area contributed by atoms with E-state index >= 15 is 0 Å². The molecule has 0 amide bonds. The SMILES string of the molecule is Cc1ccc(-c2csc3ncnc(Nc4cccc(C#N)c4)c23)cc1C. The summed E-state index contributed by atoms with van der Waals surface area (Å²) in [5.41, 5.74) is 6.25. The van der Waals surface area contributed by atoms with Crippen LogP contribution in [0.25, 0.3) is 21.3 Å². The van der Waals surface area contributed by atoms with Gasteiger partial charge in [-0.15, -0.1) is 11.3 Å². The molecule has 0 aliphatic rings. The number of nitrogens with zero attached hydrogens (tertiary/aromatic N) is 3. The summed E-state index contributed by atoms with van der Waals surface area (Å²) in [6, 6.07) is 16.0. The van der Waals surface area contributed by atoms with Gasteiger partial charge in [0.15, 0.2) is 0 Å². The maximum Gasteiger partial charge on any atom is 0.143 e. The van der Waals surface area contributed by atoms with E-state index < -0.39 is 0 Å². The van der Waals surface area contributed by atoms with Crippen LogP contribution in [0.15, 0.2) is 54.2 Å². The number of rotatable bonds is 3. The Bertz CT molecular complexity index is 1150. The van der Waals surface area contributed by atoms with Crippen molar-refractivity contribution in [1.82, 2.24) is 9.97 Å². The second-order valence-electron chi connectivity index (χ2n) is 6.17. The smallest absolute Gasteiger partial charge is 0.143 e. The molecule has 0 atom stereocenters. The lowest BCUT2D eigenvalue weighted by atomic mass is 10.0. The highest BCUT2D eigenvalue weighted by molar-refractivity contribution is 7.17. The molecule has 0 aliphatic carbocycles. The molecule has 2 aromatic heterocycles. The third-order valence-electron chi connectivity index (χ3n) is 4.44. The average Bonchev–Trinajstić information content (AvgIpc) is 3.09. The van der Waals surface area contributed by atoms with Crippen LogP contribution in [0, 0.1) is 25.2 Å². The predicted molar refractivity (Wildman–Crippen MR) is 107 cm³/mol. The maximum absolute atomic E-state index is 9.11. The Labute approximate surface area is 155 Å². The molecule has 126 valence electrons. The van der Waals surface area contributed by atoms with Crippen LogP contribution in [-0.2, 0) is 0 Å². The Balaban J connectivity index is 1.84. The van der Waals surface area contributed by atoms with Crippen LogP contribution in [0.4, 0.5) is 11.5 Å². The van der Waals surface area contributed by atoms with Gasteiger partial charge in [0.1, 0.15) is 17.0 Å². The first-order valence-corrected chi connectivity index (χ1v) is 9.10. The monoisotopic (exact) mass is 356 g/mol. The van der Waals surface area contributed by atoms with Gasteiger partial charge in [0.2, 0.25) is 0 Å². The van der Waals surface area contributed by atoms with E-state index in [-0.39, 0.29) is 0 Å². The zero-order valence-electron chi connectivity index (χ0n) is 14.4. The number of hydrogen-bond donors (Lipinski definition) is 1. The number of aromatic nitrogens is 2. The Morgan fingerprint density at radius 3 is 2.73 bits per heavy atom. The summed E-state index contributed by atoms with van der Waals surface area (Å²) in [6.45, 7) is 4.24. The first kappa shape index (κ1) is 16.2. The van der Waals surface area contributed by atoms with Gasteiger partial charge in [-0.3, -0.25) is 0 Å². The summed E-state index contributed by atoms with van der Waals surface area (Å²) in [5.74, 6) is 0.750. The fourth-order valence-corrected chi connectivity index (χ4v) is 3.81. The molecule has 0 aliphatic heterocycles. The van der Waals surface area contributed by atoms with Crippen LogP contribution >= 0.6 is 11.3 Å². The van der Waals surface area contributed by atoms with Crippen molar-refractivity contribution in [3.8, 4) is 17.2 Å². The molecule has 0 spiro atoms. The molecule has 5 heteroatoms. The minimum absolute atomic E-state index is 0.611. The standard InChI is InChI=1S/C21H16N4S/c1-13-6-7-16(8-14(13)2)18-11-26-21-19(18)20(23-12-24-21)25-17-5-3-4-15(9-17)10-22/h3-9,11-12H,1-2H3,(H,23,24,25). The third-order valence-corrected chi connectivity index (χ3v) is 5.33. The topological polar surface area (TPSA) is 61.6 Å². The van der Waals surface area contributed by atoms with E-state index in [0.717, 1.165) is 32.8 Å². The Morgan fingerprint density at radius 1 is 1.04 bits per heavy atom. The third kappa shape index (κ3) is 2.92. The Kier molecular flexibility index (Phi) is 4.11. The second-order valence-corrected chi connectivity index (χ2v) is 7.03. The van der Waals surface area contributed by atoms with Crippen molar-refractivity contribution >= 4 is 33.1 Å². The molecule has 0 saturated carbocycles. The number of anilines is 2. The van der Waals surface area contributed by atoms with E-state index in [1.165, 1.54) is 11.1 Å². The molecule has 0 radical (unpaired) electrons. The van der Waals surface area contributed by atoms with Crippen molar-refractivity contribution in [3.05, 3.63) is 70.9 Å². The molecule has 0 bridgehead atoms. The van der Waals surface area contributed by atoms with Crippen LogP contribution < -0.4 is 5.32 Å². The molecule has 2 aromatic carbocycles. The van der Waals surface area contributed by atoms with Crippen molar-refractivity contribution < 1.29 is 0 Å². The summed E-state index contributed by atoms with van der Waals surface area (Å²) < 4.78 is 0. The lowest BCUT2D eigenvalue weighted by Gasteiger charge is -2.09. The number of fused-ring (bicyclic) bond motifs is 1. The van der Waals surface area contributed by atoms with E-state index in [1.54, 1.807) is 23.7 Å². The van der Waals surface area contributed by atoms with Crippen LogP contribution in [0.5, 0.6) is 0 Å². The van der Waals surface area contributed by atoms with Crippen molar-refractivity contribution in [2.45, 2.75) is 13.8 Å². The quantitative estimate of drug-likeness (QED) is 0.520. The molecular formula is C21H16N4S. The summed E-state index contributed by atoms with van der Waals surface area (Å²) in [6.07, 6.45) is 1.57. The summed E-state index contributed by atoms with van der Waals surface area (Å²) >= 11 is 1.61. The molecule has 2 heterocycles. The van der Waals surface area contributed by atoms with Gasteiger partial charge in [0.25, 0.3) is 0 Å². The number of nitriles is 1. The van der Waals surface area contributed by atoms with E-state index in [1.807, 2.05) is 18.2 Å². The van der Waals surface area contributed by atoms with Crippen LogP contribution in [-0.4, -0.2) is 9.97 Å². The fraction of sp³-hybridized carbons (Fsp3) is 0.0952. The largest absolute Gasteiger partial charge is 0.340 e. The molecule has 1 N–H and O–H groups in total. The molecule has 0 unspecified atom stereocenters. The van der Waals surface area contributed by atoms with Crippen molar-refractivity contribution in [3.63, 3.8) is 0 Å². The van der Waals surface area contributed by atoms with E-state index in [9.17, 15) is 0 Å². The van der Waals surface area contributed by atoms with Crippen molar-refractivity contribution in [1.29, 1.82) is 5.26 Å². The highest BCUT2D eigenvalue weighted by Crippen LogP contribution is 2.37. The van der Waals surface area contributed by atoms with Gasteiger partial charge in [-0.25, -0.2) is 9.97 Å². The highest BCUT2D eigenvalue weighted by atomic mass is 32.1. The Morgan fingerprint density at radius 2 is 1.92 bits per heavy atom. The number of thiophene rings is 1. The molecule has 4 rings (SSSR count). The molecule has 4 nitrogen and oxygen atoms in total. The van der Waals surface area contributed by atoms with E-state index in [0.29, 0.717) is 5.56 Å². The fourth-order valence-electron chi connectivity index (χ4n) is 2.89. The van der Waals surface area contributed by atoms with Gasteiger partial charge in [0, 0.05) is 16.6 Å². The number of benzene rings is 2. The summed E-state index contributed by atoms with van der Waals surface area (Å²) in [4.78, 5) is 9.81. The van der Waals surface area contributed by atoms with Crippen LogP contribution in [0.2, 0.25) is 0 Å². The minimum Gasteiger partial charge on any atom is -0.340 e. The number of aryl methyl sites for hydroxylation is 2. The maximum atomic E-state index is 9.11. The molecule has 0 fully saturated rings. The summed E-state index contributed by atoms with van der Waals surface area (Å²) in [5, 5.41) is 15.6. The van der Waals surface area contributed by atoms with Gasteiger partial charge in [-0.2, -0.15) is 5.26 Å². The first-order valence-electron chi connectivity index (χ1n) is 8.23. The van der Waals surface area contributed by atoms with Gasteiger partial charge in [-0.1, -0.05) is 24.3 Å². The summed E-state index contributed by atoms with van der Waals surface area (Å²) in [7, 11) is 0. The van der Waals surface area contributed by atoms with Crippen LogP contribution in [0.1, 0.15) is 16.7 Å². The highest BCUT2D eigenvalue weighted by Gasteiger charge is 2.14. The zero-order valence-corrected chi connectivity index (χ0v) is 15.3. The zero-order chi connectivity index (χ0) is 18.1. The van der Waals surface area contributed by atoms with Gasteiger partial charge >= 0.3 is 0 Å². The van der Waals surface area contributed by atoms with Gasteiger partial charge < -0.3 is 5.32 Å². The predicted octanol–water partition coefficient (Wildman–Crippen LogP) is 5.59. The van der Waals surface area contributed by atoms with Crippen molar-refractivity contribution in [2.24, 2.45) is 0 Å². The lowest BCUT2D eigenvalue weighted by molar-refractivity contribution is 1.23. The molecule has 0 saturated heterocycles. The van der Waals surface area contributed by atoms with Gasteiger partial charge in [0.05, 0.1) is 17.0 Å². The normalized spacial score (nSPS) is 10.7.